The number of rotatable bonds is 5. The van der Waals surface area contributed by atoms with Gasteiger partial charge in [0, 0.05) is 24.4 Å². The van der Waals surface area contributed by atoms with E-state index < -0.39 is 17.5 Å². The zero-order chi connectivity index (χ0) is 16.9. The van der Waals surface area contributed by atoms with Gasteiger partial charge in [-0.2, -0.15) is 0 Å². The molecule has 4 nitrogen and oxygen atoms in total. The van der Waals surface area contributed by atoms with Crippen molar-refractivity contribution in [2.45, 2.75) is 18.9 Å². The Morgan fingerprint density at radius 3 is 2.79 bits per heavy atom. The van der Waals surface area contributed by atoms with Gasteiger partial charge in [0.05, 0.1) is 11.8 Å². The van der Waals surface area contributed by atoms with Gasteiger partial charge >= 0.3 is 0 Å². The van der Waals surface area contributed by atoms with Crippen LogP contribution in [0.25, 0.3) is 0 Å². The molecule has 24 heavy (non-hydrogen) atoms. The van der Waals surface area contributed by atoms with E-state index in [1.807, 2.05) is 0 Å². The Morgan fingerprint density at radius 2 is 2.08 bits per heavy atom. The van der Waals surface area contributed by atoms with Crippen molar-refractivity contribution in [1.82, 2.24) is 0 Å². The molecule has 2 N–H and O–H groups in total. The van der Waals surface area contributed by atoms with Crippen LogP contribution >= 0.6 is 0 Å². The van der Waals surface area contributed by atoms with Crippen molar-refractivity contribution >= 4 is 17.3 Å². The maximum absolute atomic E-state index is 14.1. The number of nitrogens with one attached hydrogen (secondary N) is 2. The quantitative estimate of drug-likeness (QED) is 0.875. The van der Waals surface area contributed by atoms with Gasteiger partial charge in [-0.15, -0.1) is 0 Å². The third-order valence-electron chi connectivity index (χ3n) is 3.86. The number of halogens is 2. The summed E-state index contributed by atoms with van der Waals surface area (Å²) in [6.07, 6.45) is 2.10. The molecule has 1 aliphatic rings. The number of hydrogen-bond donors (Lipinski definition) is 2. The number of amides is 1. The Labute approximate surface area is 138 Å². The highest BCUT2D eigenvalue weighted by Gasteiger charge is 2.16. The van der Waals surface area contributed by atoms with Gasteiger partial charge in [0.15, 0.2) is 0 Å². The minimum Gasteiger partial charge on any atom is -0.380 e. The molecule has 1 amide bonds. The molecule has 0 bridgehead atoms. The van der Waals surface area contributed by atoms with Crippen LogP contribution in [0, 0.1) is 11.6 Å². The highest BCUT2D eigenvalue weighted by molar-refractivity contribution is 6.04. The lowest BCUT2D eigenvalue weighted by Crippen LogP contribution is -2.19. The minimum absolute atomic E-state index is 0.108. The largest absolute Gasteiger partial charge is 0.380 e. The second-order valence-corrected chi connectivity index (χ2v) is 5.68. The summed E-state index contributed by atoms with van der Waals surface area (Å²) in [5, 5.41) is 5.56. The van der Waals surface area contributed by atoms with Crippen molar-refractivity contribution < 1.29 is 18.3 Å². The van der Waals surface area contributed by atoms with Crippen LogP contribution in [-0.4, -0.2) is 25.2 Å². The minimum atomic E-state index is -0.498. The Bertz CT molecular complexity index is 731. The molecule has 1 unspecified atom stereocenters. The average molecular weight is 332 g/mol. The van der Waals surface area contributed by atoms with Crippen LogP contribution in [0.1, 0.15) is 23.2 Å². The fourth-order valence-electron chi connectivity index (χ4n) is 2.60. The lowest BCUT2D eigenvalue weighted by molar-refractivity contribution is 0.102. The van der Waals surface area contributed by atoms with Crippen LogP contribution in [0.2, 0.25) is 0 Å². The molecule has 1 atom stereocenters. The van der Waals surface area contributed by atoms with Crippen LogP contribution in [0.5, 0.6) is 0 Å². The SMILES string of the molecule is O=C(Nc1ccc(NCC2CCCO2)c(F)c1)c1cccc(F)c1. The van der Waals surface area contributed by atoms with Crippen molar-refractivity contribution in [2.75, 3.05) is 23.8 Å². The first kappa shape index (κ1) is 16.4. The Hall–Kier alpha value is -2.47. The van der Waals surface area contributed by atoms with Gasteiger partial charge < -0.3 is 15.4 Å². The molecule has 0 saturated carbocycles. The van der Waals surface area contributed by atoms with Crippen molar-refractivity contribution in [1.29, 1.82) is 0 Å². The summed E-state index contributed by atoms with van der Waals surface area (Å²) in [6.45, 7) is 1.30. The molecule has 126 valence electrons. The van der Waals surface area contributed by atoms with E-state index in [-0.39, 0.29) is 11.7 Å². The van der Waals surface area contributed by atoms with E-state index in [2.05, 4.69) is 10.6 Å². The fraction of sp³-hybridized carbons (Fsp3) is 0.278. The monoisotopic (exact) mass is 332 g/mol. The second-order valence-electron chi connectivity index (χ2n) is 5.68. The number of hydrogen-bond acceptors (Lipinski definition) is 3. The summed E-state index contributed by atoms with van der Waals surface area (Å²) in [5.41, 5.74) is 0.842. The van der Waals surface area contributed by atoms with Crippen molar-refractivity contribution in [2.24, 2.45) is 0 Å². The summed E-state index contributed by atoms with van der Waals surface area (Å²) < 4.78 is 32.7. The van der Waals surface area contributed by atoms with Crippen LogP contribution in [-0.2, 0) is 4.74 Å². The van der Waals surface area contributed by atoms with E-state index in [9.17, 15) is 13.6 Å². The topological polar surface area (TPSA) is 50.4 Å². The van der Waals surface area contributed by atoms with Crippen LogP contribution in [0.3, 0.4) is 0 Å². The van der Waals surface area contributed by atoms with E-state index in [1.54, 1.807) is 12.1 Å². The molecule has 0 aliphatic carbocycles. The molecule has 1 aliphatic heterocycles. The lowest BCUT2D eigenvalue weighted by Gasteiger charge is -2.13. The Balaban J connectivity index is 1.62. The van der Waals surface area contributed by atoms with E-state index in [0.29, 0.717) is 17.9 Å². The summed E-state index contributed by atoms with van der Waals surface area (Å²) in [4.78, 5) is 12.0. The van der Waals surface area contributed by atoms with Crippen LogP contribution < -0.4 is 10.6 Å². The number of anilines is 2. The van der Waals surface area contributed by atoms with Crippen molar-refractivity contribution in [3.8, 4) is 0 Å². The predicted octanol–water partition coefficient (Wildman–Crippen LogP) is 3.81. The molecule has 0 radical (unpaired) electrons. The molecule has 2 aromatic rings. The maximum atomic E-state index is 14.1. The first-order valence-corrected chi connectivity index (χ1v) is 7.84. The number of benzene rings is 2. The summed E-state index contributed by atoms with van der Waals surface area (Å²) in [6, 6.07) is 9.71. The molecular weight excluding hydrogens is 314 g/mol. The standard InChI is InChI=1S/C18H18F2N2O2/c19-13-4-1-3-12(9-13)18(23)22-14-6-7-17(16(20)10-14)21-11-15-5-2-8-24-15/h1,3-4,6-7,9-10,15,21H,2,5,8,11H2,(H,22,23). The number of carbonyl (C=O) groups is 1. The molecule has 1 saturated heterocycles. The fourth-order valence-corrected chi connectivity index (χ4v) is 2.60. The van der Waals surface area contributed by atoms with E-state index >= 15 is 0 Å². The second kappa shape index (κ2) is 7.40. The highest BCUT2D eigenvalue weighted by atomic mass is 19.1. The Morgan fingerprint density at radius 1 is 1.21 bits per heavy atom. The summed E-state index contributed by atoms with van der Waals surface area (Å²) in [5.74, 6) is -1.46. The molecular formula is C18H18F2N2O2. The first-order chi connectivity index (χ1) is 11.6. The van der Waals surface area contributed by atoms with Crippen molar-refractivity contribution in [3.05, 3.63) is 59.7 Å². The molecule has 2 aromatic carbocycles. The van der Waals surface area contributed by atoms with E-state index in [0.717, 1.165) is 25.5 Å². The number of carbonyl (C=O) groups excluding carboxylic acids is 1. The summed E-state index contributed by atoms with van der Waals surface area (Å²) >= 11 is 0. The third kappa shape index (κ3) is 4.08. The van der Waals surface area contributed by atoms with Gasteiger partial charge in [0.2, 0.25) is 0 Å². The molecule has 0 spiro atoms. The van der Waals surface area contributed by atoms with Gasteiger partial charge in [-0.3, -0.25) is 4.79 Å². The molecule has 1 fully saturated rings. The number of ether oxygens (including phenoxy) is 1. The first-order valence-electron chi connectivity index (χ1n) is 7.84. The highest BCUT2D eigenvalue weighted by Crippen LogP contribution is 2.21. The smallest absolute Gasteiger partial charge is 0.255 e. The van der Waals surface area contributed by atoms with Gasteiger partial charge in [-0.1, -0.05) is 6.07 Å². The van der Waals surface area contributed by atoms with Crippen LogP contribution in [0.15, 0.2) is 42.5 Å². The van der Waals surface area contributed by atoms with E-state index in [1.165, 1.54) is 24.3 Å². The molecule has 6 heteroatoms. The normalized spacial score (nSPS) is 16.8. The average Bonchev–Trinajstić information content (AvgIpc) is 3.07. The summed E-state index contributed by atoms with van der Waals surface area (Å²) in [7, 11) is 0. The molecule has 1 heterocycles. The zero-order valence-electron chi connectivity index (χ0n) is 13.0. The molecule has 0 aromatic heterocycles. The van der Waals surface area contributed by atoms with Gasteiger partial charge in [-0.05, 0) is 49.2 Å². The van der Waals surface area contributed by atoms with Gasteiger partial charge in [0.25, 0.3) is 5.91 Å². The zero-order valence-corrected chi connectivity index (χ0v) is 13.0. The molecule has 3 rings (SSSR count). The predicted molar refractivity (Wildman–Crippen MR) is 88.2 cm³/mol. The maximum Gasteiger partial charge on any atom is 0.255 e. The Kier molecular flexibility index (Phi) is 5.05. The third-order valence-corrected chi connectivity index (χ3v) is 3.86. The van der Waals surface area contributed by atoms with E-state index in [4.69, 9.17) is 4.74 Å². The van der Waals surface area contributed by atoms with Gasteiger partial charge in [-0.25, -0.2) is 8.78 Å². The van der Waals surface area contributed by atoms with Gasteiger partial charge in [0.1, 0.15) is 11.6 Å². The van der Waals surface area contributed by atoms with Crippen molar-refractivity contribution in [3.63, 3.8) is 0 Å². The lowest BCUT2D eigenvalue weighted by atomic mass is 10.2. The van der Waals surface area contributed by atoms with Crippen LogP contribution in [0.4, 0.5) is 20.2 Å².